The van der Waals surface area contributed by atoms with Crippen LogP contribution in [-0.4, -0.2) is 0 Å². The molecule has 5 rings (SSSR count). The maximum atomic E-state index is 15.3. The van der Waals surface area contributed by atoms with Crippen molar-refractivity contribution in [1.82, 2.24) is 0 Å². The molecule has 0 amide bonds. The highest BCUT2D eigenvalue weighted by Crippen LogP contribution is 2.45. The summed E-state index contributed by atoms with van der Waals surface area (Å²) in [4.78, 5) is 0. The van der Waals surface area contributed by atoms with Gasteiger partial charge in [0.15, 0.2) is 23.3 Å². The molecule has 202 valence electrons. The molecule has 0 aliphatic heterocycles. The highest BCUT2D eigenvalue weighted by Gasteiger charge is 2.32. The summed E-state index contributed by atoms with van der Waals surface area (Å²) in [5.41, 5.74) is 2.05. The Hall–Kier alpha value is -2.62. The molecule has 2 aliphatic rings. The quantitative estimate of drug-likeness (QED) is 0.282. The summed E-state index contributed by atoms with van der Waals surface area (Å²) in [6, 6.07) is 13.0. The van der Waals surface area contributed by atoms with Crippen LogP contribution in [0.4, 0.5) is 17.6 Å². The summed E-state index contributed by atoms with van der Waals surface area (Å²) in [6.07, 6.45) is 12.1. The third-order valence-electron chi connectivity index (χ3n) is 9.36. The van der Waals surface area contributed by atoms with Crippen LogP contribution >= 0.6 is 0 Å². The summed E-state index contributed by atoms with van der Waals surface area (Å²) >= 11 is 0. The fraction of sp³-hybridized carbons (Fsp3) is 0.471. The van der Waals surface area contributed by atoms with E-state index >= 15 is 8.78 Å². The number of halogens is 4. The van der Waals surface area contributed by atoms with Crippen LogP contribution in [0.15, 0.2) is 48.5 Å². The van der Waals surface area contributed by atoms with Gasteiger partial charge in [-0.05, 0) is 91.4 Å². The van der Waals surface area contributed by atoms with Crippen molar-refractivity contribution in [3.8, 4) is 22.3 Å². The molecule has 0 atom stereocenters. The van der Waals surface area contributed by atoms with Crippen LogP contribution in [0, 0.1) is 47.9 Å². The zero-order valence-corrected chi connectivity index (χ0v) is 22.5. The summed E-state index contributed by atoms with van der Waals surface area (Å²) < 4.78 is 59.0. The van der Waals surface area contributed by atoms with E-state index < -0.39 is 23.3 Å². The van der Waals surface area contributed by atoms with Crippen LogP contribution < -0.4 is 0 Å². The van der Waals surface area contributed by atoms with Crippen LogP contribution in [0.2, 0.25) is 0 Å². The Morgan fingerprint density at radius 3 is 1.63 bits per heavy atom. The van der Waals surface area contributed by atoms with Gasteiger partial charge in [-0.1, -0.05) is 81.1 Å². The van der Waals surface area contributed by atoms with E-state index in [2.05, 4.69) is 6.92 Å². The second-order valence-electron chi connectivity index (χ2n) is 11.6. The van der Waals surface area contributed by atoms with Crippen molar-refractivity contribution >= 4 is 0 Å². The van der Waals surface area contributed by atoms with Crippen LogP contribution in [-0.2, 0) is 0 Å². The Morgan fingerprint density at radius 2 is 1.08 bits per heavy atom. The SMILES string of the molecule is CCCC1CCC(C2CCC(c3ccc(-c4ccc(-c5ccc(C)c(F)c5F)cc4)c(F)c3F)CC2)CC1. The lowest BCUT2D eigenvalue weighted by atomic mass is 9.68. The summed E-state index contributed by atoms with van der Waals surface area (Å²) in [5.74, 6) is -0.853. The number of aryl methyl sites for hydroxylation is 1. The molecule has 0 nitrogen and oxygen atoms in total. The van der Waals surface area contributed by atoms with E-state index in [0.29, 0.717) is 16.7 Å². The molecule has 2 aliphatic carbocycles. The number of hydrogen-bond acceptors (Lipinski definition) is 0. The molecule has 0 N–H and O–H groups in total. The van der Waals surface area contributed by atoms with E-state index in [0.717, 1.165) is 43.4 Å². The van der Waals surface area contributed by atoms with Crippen molar-refractivity contribution in [1.29, 1.82) is 0 Å². The molecule has 0 saturated heterocycles. The zero-order valence-electron chi connectivity index (χ0n) is 22.5. The molecule has 2 saturated carbocycles. The third kappa shape index (κ3) is 5.42. The number of rotatable bonds is 6. The van der Waals surface area contributed by atoms with Crippen LogP contribution in [0.1, 0.15) is 88.2 Å². The Balaban J connectivity index is 1.26. The monoisotopic (exact) mass is 522 g/mol. The molecule has 0 unspecified atom stereocenters. The first-order valence-electron chi connectivity index (χ1n) is 14.4. The molecule has 0 heterocycles. The van der Waals surface area contributed by atoms with E-state index in [4.69, 9.17) is 0 Å². The lowest BCUT2D eigenvalue weighted by Crippen LogP contribution is -2.25. The second kappa shape index (κ2) is 11.6. The minimum Gasteiger partial charge on any atom is -0.203 e. The molecule has 0 radical (unpaired) electrons. The topological polar surface area (TPSA) is 0 Å². The maximum Gasteiger partial charge on any atom is 0.166 e. The second-order valence-corrected chi connectivity index (χ2v) is 11.6. The fourth-order valence-corrected chi connectivity index (χ4v) is 7.06. The summed E-state index contributed by atoms with van der Waals surface area (Å²) in [7, 11) is 0. The molecule has 3 aromatic rings. The highest BCUT2D eigenvalue weighted by atomic mass is 19.2. The van der Waals surface area contributed by atoms with Gasteiger partial charge in [-0.15, -0.1) is 0 Å². The van der Waals surface area contributed by atoms with Crippen molar-refractivity contribution in [2.75, 3.05) is 0 Å². The first kappa shape index (κ1) is 27.0. The van der Waals surface area contributed by atoms with Crippen molar-refractivity contribution in [2.24, 2.45) is 17.8 Å². The standard InChI is InChI=1S/C34H38F4/c1-3-4-22-6-8-23(9-7-22)24-10-12-25(13-11-24)29-19-20-30(34(38)33(29)37)27-16-14-26(15-17-27)28-18-5-21(2)31(35)32(28)36/h5,14-20,22-25H,3-4,6-13H2,1-2H3. The van der Waals surface area contributed by atoms with E-state index in [1.807, 2.05) is 0 Å². The van der Waals surface area contributed by atoms with Gasteiger partial charge in [-0.25, -0.2) is 17.6 Å². The van der Waals surface area contributed by atoms with Gasteiger partial charge in [0.05, 0.1) is 0 Å². The molecule has 0 spiro atoms. The average molecular weight is 523 g/mol. The normalized spacial score (nSPS) is 23.9. The Labute approximate surface area is 224 Å². The first-order chi connectivity index (χ1) is 18.4. The van der Waals surface area contributed by atoms with Gasteiger partial charge in [0.25, 0.3) is 0 Å². The molecule has 4 heteroatoms. The molecular formula is C34H38F4. The van der Waals surface area contributed by atoms with Crippen LogP contribution in [0.5, 0.6) is 0 Å². The Morgan fingerprint density at radius 1 is 0.579 bits per heavy atom. The lowest BCUT2D eigenvalue weighted by molar-refractivity contribution is 0.156. The largest absolute Gasteiger partial charge is 0.203 e. The third-order valence-corrected chi connectivity index (χ3v) is 9.36. The van der Waals surface area contributed by atoms with Crippen molar-refractivity contribution in [2.45, 2.75) is 84.0 Å². The van der Waals surface area contributed by atoms with Gasteiger partial charge >= 0.3 is 0 Å². The first-order valence-corrected chi connectivity index (χ1v) is 14.4. The predicted octanol–water partition coefficient (Wildman–Crippen LogP) is 10.8. The van der Waals surface area contributed by atoms with Crippen molar-refractivity contribution < 1.29 is 17.6 Å². The minimum atomic E-state index is -0.904. The van der Waals surface area contributed by atoms with E-state index in [9.17, 15) is 8.78 Å². The van der Waals surface area contributed by atoms with Gasteiger partial charge in [0.1, 0.15) is 0 Å². The molecular weight excluding hydrogens is 484 g/mol. The maximum absolute atomic E-state index is 15.3. The van der Waals surface area contributed by atoms with Crippen molar-refractivity contribution in [3.63, 3.8) is 0 Å². The number of benzene rings is 3. The van der Waals surface area contributed by atoms with Crippen LogP contribution in [0.3, 0.4) is 0 Å². The minimum absolute atomic E-state index is 0.0630. The molecule has 2 fully saturated rings. The summed E-state index contributed by atoms with van der Waals surface area (Å²) in [6.45, 7) is 3.78. The smallest absolute Gasteiger partial charge is 0.166 e. The Bertz CT molecular complexity index is 1250. The van der Waals surface area contributed by atoms with E-state index in [1.165, 1.54) is 57.6 Å². The van der Waals surface area contributed by atoms with Gasteiger partial charge < -0.3 is 0 Å². The van der Waals surface area contributed by atoms with E-state index in [1.54, 1.807) is 36.4 Å². The fourth-order valence-electron chi connectivity index (χ4n) is 7.06. The molecule has 0 aromatic heterocycles. The Kier molecular flexibility index (Phi) is 8.26. The van der Waals surface area contributed by atoms with E-state index in [-0.39, 0.29) is 22.6 Å². The van der Waals surface area contributed by atoms with Crippen LogP contribution in [0.25, 0.3) is 22.3 Å². The molecule has 3 aromatic carbocycles. The number of hydrogen-bond donors (Lipinski definition) is 0. The van der Waals surface area contributed by atoms with Gasteiger partial charge in [0, 0.05) is 11.1 Å². The molecule has 38 heavy (non-hydrogen) atoms. The highest BCUT2D eigenvalue weighted by molar-refractivity contribution is 5.71. The van der Waals surface area contributed by atoms with Crippen molar-refractivity contribution in [3.05, 3.63) is 82.9 Å². The van der Waals surface area contributed by atoms with Gasteiger partial charge in [0.2, 0.25) is 0 Å². The summed E-state index contributed by atoms with van der Waals surface area (Å²) in [5, 5.41) is 0. The molecule has 0 bridgehead atoms. The predicted molar refractivity (Wildman–Crippen MR) is 147 cm³/mol. The lowest BCUT2D eigenvalue weighted by Gasteiger charge is -2.38. The van der Waals surface area contributed by atoms with Gasteiger partial charge in [-0.2, -0.15) is 0 Å². The van der Waals surface area contributed by atoms with Gasteiger partial charge in [-0.3, -0.25) is 0 Å². The zero-order chi connectivity index (χ0) is 26.8. The average Bonchev–Trinajstić information content (AvgIpc) is 2.94.